The van der Waals surface area contributed by atoms with Gasteiger partial charge in [0, 0.05) is 11.4 Å². The van der Waals surface area contributed by atoms with Crippen LogP contribution in [0, 0.1) is 0 Å². The molecule has 19 heavy (non-hydrogen) atoms. The molecular weight excluding hydrogens is 282 g/mol. The van der Waals surface area contributed by atoms with Gasteiger partial charge in [0.2, 0.25) is 0 Å². The van der Waals surface area contributed by atoms with Crippen LogP contribution in [-0.4, -0.2) is 22.3 Å². The molecule has 2 aromatic rings. The summed E-state index contributed by atoms with van der Waals surface area (Å²) in [5.74, 6) is -0.105. The number of nitrogen functional groups attached to an aromatic ring is 1. The molecule has 0 atom stereocenters. The van der Waals surface area contributed by atoms with E-state index in [0.29, 0.717) is 24.5 Å². The Hall–Kier alpha value is -1.59. The molecule has 2 aromatic heterocycles. The third-order valence-electron chi connectivity index (χ3n) is 2.65. The first-order valence-electron chi connectivity index (χ1n) is 5.85. The van der Waals surface area contributed by atoms with Gasteiger partial charge in [-0.2, -0.15) is 0 Å². The van der Waals surface area contributed by atoms with Gasteiger partial charge < -0.3 is 10.6 Å². The predicted octanol–water partition coefficient (Wildman–Crippen LogP) is 3.04. The Morgan fingerprint density at radius 1 is 1.42 bits per heavy atom. The van der Waals surface area contributed by atoms with Gasteiger partial charge in [-0.25, -0.2) is 4.98 Å². The van der Waals surface area contributed by atoms with Crippen molar-refractivity contribution in [3.05, 3.63) is 45.4 Å². The lowest BCUT2D eigenvalue weighted by atomic mass is 10.3. The molecule has 0 saturated heterocycles. The van der Waals surface area contributed by atoms with Crippen LogP contribution in [0.3, 0.4) is 0 Å². The molecule has 0 fully saturated rings. The average Bonchev–Trinajstić information content (AvgIpc) is 2.81. The largest absolute Gasteiger partial charge is 0.397 e. The van der Waals surface area contributed by atoms with Gasteiger partial charge >= 0.3 is 0 Å². The molecule has 0 aliphatic carbocycles. The number of anilines is 1. The van der Waals surface area contributed by atoms with Crippen LogP contribution in [0.2, 0.25) is 4.34 Å². The van der Waals surface area contributed by atoms with Crippen molar-refractivity contribution in [3.63, 3.8) is 0 Å². The molecule has 100 valence electrons. The highest BCUT2D eigenvalue weighted by molar-refractivity contribution is 7.16. The number of hydrogen-bond acceptors (Lipinski definition) is 4. The average molecular weight is 296 g/mol. The first-order valence-corrected chi connectivity index (χ1v) is 7.04. The van der Waals surface area contributed by atoms with Crippen molar-refractivity contribution < 1.29 is 4.79 Å². The molecule has 4 nitrogen and oxygen atoms in total. The van der Waals surface area contributed by atoms with Crippen molar-refractivity contribution in [2.75, 3.05) is 12.3 Å². The SMILES string of the molecule is CCN(Cc1ccc(Cl)s1)C(=O)c1ccc(N)cn1. The monoisotopic (exact) mass is 295 g/mol. The van der Waals surface area contributed by atoms with Crippen LogP contribution in [0.25, 0.3) is 0 Å². The molecule has 0 radical (unpaired) electrons. The Kier molecular flexibility index (Phi) is 4.39. The third-order valence-corrected chi connectivity index (χ3v) is 3.87. The first kappa shape index (κ1) is 13.8. The highest BCUT2D eigenvalue weighted by Gasteiger charge is 2.16. The van der Waals surface area contributed by atoms with Crippen molar-refractivity contribution in [2.24, 2.45) is 0 Å². The number of halogens is 1. The first-order chi connectivity index (χ1) is 9.10. The molecule has 0 aromatic carbocycles. The fourth-order valence-corrected chi connectivity index (χ4v) is 2.75. The second-order valence-electron chi connectivity index (χ2n) is 4.00. The highest BCUT2D eigenvalue weighted by atomic mass is 35.5. The molecule has 0 spiro atoms. The molecule has 0 bridgehead atoms. The highest BCUT2D eigenvalue weighted by Crippen LogP contribution is 2.23. The molecule has 0 unspecified atom stereocenters. The van der Waals surface area contributed by atoms with E-state index in [4.69, 9.17) is 17.3 Å². The Morgan fingerprint density at radius 2 is 2.21 bits per heavy atom. The molecule has 0 aliphatic rings. The standard InChI is InChI=1S/C13H14ClN3OS/c1-2-17(8-10-4-6-12(14)19-10)13(18)11-5-3-9(15)7-16-11/h3-7H,2,8,15H2,1H3. The second kappa shape index (κ2) is 6.04. The van der Waals surface area contributed by atoms with Crippen molar-refractivity contribution in [1.29, 1.82) is 0 Å². The normalized spacial score (nSPS) is 10.4. The number of aromatic nitrogens is 1. The Balaban J connectivity index is 2.12. The van der Waals surface area contributed by atoms with E-state index in [2.05, 4.69) is 4.98 Å². The number of pyridine rings is 1. The van der Waals surface area contributed by atoms with E-state index in [-0.39, 0.29) is 5.91 Å². The lowest BCUT2D eigenvalue weighted by Gasteiger charge is -2.19. The van der Waals surface area contributed by atoms with Crippen LogP contribution in [-0.2, 0) is 6.54 Å². The summed E-state index contributed by atoms with van der Waals surface area (Å²) in [6.45, 7) is 3.09. The van der Waals surface area contributed by atoms with Gasteiger partial charge in [-0.3, -0.25) is 4.79 Å². The Labute approximate surface area is 120 Å². The molecule has 6 heteroatoms. The summed E-state index contributed by atoms with van der Waals surface area (Å²) in [4.78, 5) is 19.1. The second-order valence-corrected chi connectivity index (χ2v) is 5.80. The van der Waals surface area contributed by atoms with Gasteiger partial charge in [-0.05, 0) is 31.2 Å². The molecule has 0 saturated carbocycles. The van der Waals surface area contributed by atoms with E-state index >= 15 is 0 Å². The van der Waals surface area contributed by atoms with Gasteiger partial charge in [-0.1, -0.05) is 11.6 Å². The lowest BCUT2D eigenvalue weighted by molar-refractivity contribution is 0.0748. The van der Waals surface area contributed by atoms with Gasteiger partial charge in [0.15, 0.2) is 0 Å². The summed E-state index contributed by atoms with van der Waals surface area (Å²) in [5.41, 5.74) is 6.51. The summed E-state index contributed by atoms with van der Waals surface area (Å²) >= 11 is 7.37. The zero-order valence-electron chi connectivity index (χ0n) is 10.5. The summed E-state index contributed by atoms with van der Waals surface area (Å²) in [6.07, 6.45) is 1.49. The minimum Gasteiger partial charge on any atom is -0.397 e. The smallest absolute Gasteiger partial charge is 0.272 e. The van der Waals surface area contributed by atoms with Crippen molar-refractivity contribution in [1.82, 2.24) is 9.88 Å². The van der Waals surface area contributed by atoms with E-state index in [1.165, 1.54) is 17.5 Å². The minimum atomic E-state index is -0.105. The van der Waals surface area contributed by atoms with Crippen LogP contribution in [0.4, 0.5) is 5.69 Å². The summed E-state index contributed by atoms with van der Waals surface area (Å²) in [5, 5.41) is 0. The minimum absolute atomic E-state index is 0.105. The number of nitrogens with zero attached hydrogens (tertiary/aromatic N) is 2. The summed E-state index contributed by atoms with van der Waals surface area (Å²) in [6, 6.07) is 7.08. The van der Waals surface area contributed by atoms with E-state index < -0.39 is 0 Å². The van der Waals surface area contributed by atoms with Crippen LogP contribution in [0.15, 0.2) is 30.5 Å². The van der Waals surface area contributed by atoms with Crippen molar-refractivity contribution >= 4 is 34.5 Å². The van der Waals surface area contributed by atoms with Gasteiger partial charge in [0.25, 0.3) is 5.91 Å². The number of rotatable bonds is 4. The Bertz CT molecular complexity index is 568. The summed E-state index contributed by atoms with van der Waals surface area (Å²) < 4.78 is 0.726. The third kappa shape index (κ3) is 3.45. The van der Waals surface area contributed by atoms with Gasteiger partial charge in [0.1, 0.15) is 5.69 Å². The van der Waals surface area contributed by atoms with Crippen LogP contribution < -0.4 is 5.73 Å². The van der Waals surface area contributed by atoms with Gasteiger partial charge in [-0.15, -0.1) is 11.3 Å². The van der Waals surface area contributed by atoms with Crippen LogP contribution >= 0.6 is 22.9 Å². The molecule has 0 aliphatic heterocycles. The maximum Gasteiger partial charge on any atom is 0.272 e. The maximum atomic E-state index is 12.3. The van der Waals surface area contributed by atoms with E-state index in [1.54, 1.807) is 17.0 Å². The molecule has 2 N–H and O–H groups in total. The zero-order valence-corrected chi connectivity index (χ0v) is 12.0. The molecule has 2 heterocycles. The number of amides is 1. The quantitative estimate of drug-likeness (QED) is 0.943. The zero-order chi connectivity index (χ0) is 13.8. The van der Waals surface area contributed by atoms with E-state index in [0.717, 1.165) is 9.21 Å². The molecular formula is C13H14ClN3OS. The molecule has 2 rings (SSSR count). The van der Waals surface area contributed by atoms with Crippen LogP contribution in [0.5, 0.6) is 0 Å². The number of hydrogen-bond donors (Lipinski definition) is 1. The molecule has 1 amide bonds. The number of nitrogens with two attached hydrogens (primary N) is 1. The number of carbonyl (C=O) groups excluding carboxylic acids is 1. The fourth-order valence-electron chi connectivity index (χ4n) is 1.65. The number of carbonyl (C=O) groups is 1. The summed E-state index contributed by atoms with van der Waals surface area (Å²) in [7, 11) is 0. The van der Waals surface area contributed by atoms with Crippen molar-refractivity contribution in [2.45, 2.75) is 13.5 Å². The topological polar surface area (TPSA) is 59.2 Å². The van der Waals surface area contributed by atoms with Crippen LogP contribution in [0.1, 0.15) is 22.3 Å². The van der Waals surface area contributed by atoms with Gasteiger partial charge in [0.05, 0.1) is 22.8 Å². The van der Waals surface area contributed by atoms with E-state index in [1.807, 2.05) is 19.1 Å². The van der Waals surface area contributed by atoms with E-state index in [9.17, 15) is 4.79 Å². The lowest BCUT2D eigenvalue weighted by Crippen LogP contribution is -2.30. The van der Waals surface area contributed by atoms with Crippen molar-refractivity contribution in [3.8, 4) is 0 Å². The predicted molar refractivity (Wildman–Crippen MR) is 78.4 cm³/mol. The maximum absolute atomic E-state index is 12.3. The number of thiophene rings is 1. The Morgan fingerprint density at radius 3 is 2.74 bits per heavy atom. The fraction of sp³-hybridized carbons (Fsp3) is 0.231.